The minimum Gasteiger partial charge on any atom is -0.375 e. The maximum absolute atomic E-state index is 14.1. The van der Waals surface area contributed by atoms with Gasteiger partial charge in [0, 0.05) is 55.6 Å². The first-order chi connectivity index (χ1) is 21.4. The molecular formula is C29H31ClN6O7S2. The van der Waals surface area contributed by atoms with Gasteiger partial charge in [-0.1, -0.05) is 29.8 Å². The lowest BCUT2D eigenvalue weighted by molar-refractivity contribution is -0.142. The molecule has 2 aromatic carbocycles. The molecule has 1 unspecified atom stereocenters. The summed E-state index contributed by atoms with van der Waals surface area (Å²) < 4.78 is 58.6. The van der Waals surface area contributed by atoms with Crippen LogP contribution in [0.3, 0.4) is 0 Å². The third-order valence-electron chi connectivity index (χ3n) is 8.27. The van der Waals surface area contributed by atoms with Gasteiger partial charge in [-0.2, -0.15) is 9.40 Å². The van der Waals surface area contributed by atoms with Crippen molar-refractivity contribution in [2.24, 2.45) is 13.0 Å². The van der Waals surface area contributed by atoms with Gasteiger partial charge in [0.05, 0.1) is 17.0 Å². The minimum atomic E-state index is -4.58. The molecule has 1 atom stereocenters. The molecule has 4 heterocycles. The van der Waals surface area contributed by atoms with E-state index < -0.39 is 31.3 Å². The molecule has 1 N–H and O–H groups in total. The van der Waals surface area contributed by atoms with Crippen molar-refractivity contribution in [2.45, 2.75) is 29.0 Å². The third kappa shape index (κ3) is 5.74. The molecule has 2 aromatic heterocycles. The lowest BCUT2D eigenvalue weighted by Gasteiger charge is -2.40. The number of aromatic nitrogens is 3. The number of nitrogens with zero attached hydrogens (tertiary/aromatic N) is 6. The van der Waals surface area contributed by atoms with E-state index in [-0.39, 0.29) is 47.4 Å². The average Bonchev–Trinajstić information content (AvgIpc) is 3.43. The first kappa shape index (κ1) is 31.2. The molecule has 6 rings (SSSR count). The number of halogens is 1. The Morgan fingerprint density at radius 1 is 0.911 bits per heavy atom. The van der Waals surface area contributed by atoms with Crippen LogP contribution in [0.2, 0.25) is 5.02 Å². The SMILES string of the molecule is Cn1nc(N2CCC(C(=O)N3CCN(S(=O)(=O)c4cc5cc(Cl)ccc5n4S(=O)(=O)c4ccccc4)C(O)C3)CC2)ccc1=O. The van der Waals surface area contributed by atoms with Crippen molar-refractivity contribution in [3.63, 3.8) is 0 Å². The summed E-state index contributed by atoms with van der Waals surface area (Å²) in [7, 11) is -7.38. The van der Waals surface area contributed by atoms with E-state index in [0.29, 0.717) is 42.2 Å². The predicted molar refractivity (Wildman–Crippen MR) is 167 cm³/mol. The van der Waals surface area contributed by atoms with Crippen molar-refractivity contribution in [2.75, 3.05) is 37.6 Å². The fourth-order valence-corrected chi connectivity index (χ4v) is 9.60. The Balaban J connectivity index is 1.21. The monoisotopic (exact) mass is 674 g/mol. The van der Waals surface area contributed by atoms with E-state index in [1.165, 1.54) is 64.2 Å². The molecule has 0 bridgehead atoms. The summed E-state index contributed by atoms with van der Waals surface area (Å²) in [5, 5.41) is 15.4. The van der Waals surface area contributed by atoms with E-state index in [4.69, 9.17) is 11.6 Å². The van der Waals surface area contributed by atoms with E-state index in [2.05, 4.69) is 5.10 Å². The number of carbonyl (C=O) groups is 1. The molecule has 2 fully saturated rings. The predicted octanol–water partition coefficient (Wildman–Crippen LogP) is 1.69. The molecule has 45 heavy (non-hydrogen) atoms. The van der Waals surface area contributed by atoms with Crippen LogP contribution in [0.25, 0.3) is 10.9 Å². The fourth-order valence-electron chi connectivity index (χ4n) is 5.88. The van der Waals surface area contributed by atoms with Gasteiger partial charge >= 0.3 is 0 Å². The molecule has 2 saturated heterocycles. The summed E-state index contributed by atoms with van der Waals surface area (Å²) in [4.78, 5) is 28.4. The number of piperidine rings is 1. The lowest BCUT2D eigenvalue weighted by atomic mass is 9.95. The topological polar surface area (TPSA) is 155 Å². The van der Waals surface area contributed by atoms with E-state index in [0.717, 1.165) is 8.28 Å². The van der Waals surface area contributed by atoms with Crippen LogP contribution in [0.1, 0.15) is 12.8 Å². The highest BCUT2D eigenvalue weighted by Crippen LogP contribution is 2.33. The number of aliphatic hydroxyl groups is 1. The van der Waals surface area contributed by atoms with E-state index in [9.17, 15) is 31.5 Å². The zero-order valence-electron chi connectivity index (χ0n) is 24.2. The second-order valence-electron chi connectivity index (χ2n) is 11.1. The summed E-state index contributed by atoms with van der Waals surface area (Å²) in [6.07, 6.45) is -0.548. The molecule has 2 aliphatic rings. The summed E-state index contributed by atoms with van der Waals surface area (Å²) in [5.74, 6) is 0.133. The summed E-state index contributed by atoms with van der Waals surface area (Å²) in [6.45, 7) is 0.614. The number of anilines is 1. The molecule has 0 spiro atoms. The number of hydrogen-bond donors (Lipinski definition) is 1. The normalized spacial score (nSPS) is 18.9. The fraction of sp³-hybridized carbons (Fsp3) is 0.345. The first-order valence-corrected chi connectivity index (χ1v) is 17.5. The van der Waals surface area contributed by atoms with Gasteiger partial charge < -0.3 is 14.9 Å². The largest absolute Gasteiger partial charge is 0.375 e. The molecule has 13 nitrogen and oxygen atoms in total. The van der Waals surface area contributed by atoms with Gasteiger partial charge in [0.2, 0.25) is 5.91 Å². The molecule has 4 aromatic rings. The zero-order chi connectivity index (χ0) is 32.1. The zero-order valence-corrected chi connectivity index (χ0v) is 26.6. The van der Waals surface area contributed by atoms with Gasteiger partial charge in [-0.25, -0.2) is 25.5 Å². The van der Waals surface area contributed by atoms with Crippen molar-refractivity contribution in [3.8, 4) is 0 Å². The number of hydrogen-bond acceptors (Lipinski definition) is 9. The van der Waals surface area contributed by atoms with Crippen LogP contribution in [0, 0.1) is 5.92 Å². The van der Waals surface area contributed by atoms with Crippen LogP contribution in [0.5, 0.6) is 0 Å². The number of aryl methyl sites for hydroxylation is 1. The molecule has 0 aliphatic carbocycles. The second kappa shape index (κ2) is 11.9. The summed E-state index contributed by atoms with van der Waals surface area (Å²) >= 11 is 6.14. The van der Waals surface area contributed by atoms with Crippen molar-refractivity contribution >= 4 is 54.3 Å². The Kier molecular flexibility index (Phi) is 8.24. The van der Waals surface area contributed by atoms with Gasteiger partial charge in [0.25, 0.3) is 25.6 Å². The number of rotatable bonds is 6. The summed E-state index contributed by atoms with van der Waals surface area (Å²) in [6, 6.07) is 16.2. The van der Waals surface area contributed by atoms with Crippen molar-refractivity contribution in [3.05, 3.63) is 82.1 Å². The number of fused-ring (bicyclic) bond motifs is 1. The van der Waals surface area contributed by atoms with Crippen LogP contribution in [-0.4, -0.2) is 89.8 Å². The highest BCUT2D eigenvalue weighted by atomic mass is 35.5. The number of amides is 1. The average molecular weight is 675 g/mol. The number of piperazine rings is 1. The van der Waals surface area contributed by atoms with E-state index in [1.807, 2.05) is 4.90 Å². The Hall–Kier alpha value is -3.76. The van der Waals surface area contributed by atoms with Crippen LogP contribution in [0.15, 0.2) is 81.4 Å². The Labute approximate surface area is 264 Å². The highest BCUT2D eigenvalue weighted by molar-refractivity contribution is 7.92. The number of carbonyl (C=O) groups excluding carboxylic acids is 1. The van der Waals surface area contributed by atoms with Crippen LogP contribution >= 0.6 is 11.6 Å². The Morgan fingerprint density at radius 3 is 2.29 bits per heavy atom. The molecule has 0 saturated carbocycles. The van der Waals surface area contributed by atoms with Crippen molar-refractivity contribution in [1.29, 1.82) is 0 Å². The van der Waals surface area contributed by atoms with Crippen molar-refractivity contribution < 1.29 is 26.7 Å². The third-order valence-corrected chi connectivity index (χ3v) is 12.2. The maximum Gasteiger partial charge on any atom is 0.269 e. The van der Waals surface area contributed by atoms with Crippen LogP contribution in [-0.2, 0) is 31.9 Å². The molecule has 16 heteroatoms. The molecule has 2 aliphatic heterocycles. The van der Waals surface area contributed by atoms with Gasteiger partial charge in [0.1, 0.15) is 12.0 Å². The number of benzene rings is 2. The second-order valence-corrected chi connectivity index (χ2v) is 15.1. The lowest BCUT2D eigenvalue weighted by Crippen LogP contribution is -2.58. The van der Waals surface area contributed by atoms with Gasteiger partial charge in [-0.05, 0) is 55.3 Å². The van der Waals surface area contributed by atoms with Gasteiger partial charge in [-0.3, -0.25) is 9.59 Å². The smallest absolute Gasteiger partial charge is 0.269 e. The number of sulfonamides is 1. The van der Waals surface area contributed by atoms with Crippen LogP contribution < -0.4 is 10.5 Å². The van der Waals surface area contributed by atoms with Gasteiger partial charge in [-0.15, -0.1) is 0 Å². The quantitative estimate of drug-likeness (QED) is 0.322. The molecular weight excluding hydrogens is 644 g/mol. The Bertz CT molecular complexity index is 2040. The van der Waals surface area contributed by atoms with Gasteiger partial charge in [0.15, 0.2) is 5.03 Å². The standard InChI is InChI=1S/C29H31ClN6O7S2/c1-32-26(37)10-9-25(31-32)33-13-11-20(12-14-33)29(39)34-15-16-35(27(38)19-34)45(42,43)28-18-21-17-22(30)7-8-24(21)36(28)44(40,41)23-5-3-2-4-6-23/h2-10,17-18,20,27,38H,11-16,19H2,1H3. The molecule has 0 radical (unpaired) electrons. The maximum atomic E-state index is 14.1. The van der Waals surface area contributed by atoms with Crippen LogP contribution in [0.4, 0.5) is 5.82 Å². The first-order valence-electron chi connectivity index (χ1n) is 14.3. The minimum absolute atomic E-state index is 0.0230. The van der Waals surface area contributed by atoms with E-state index >= 15 is 0 Å². The molecule has 238 valence electrons. The number of aliphatic hydroxyl groups excluding tert-OH is 1. The summed E-state index contributed by atoms with van der Waals surface area (Å²) in [5.41, 5.74) is -0.100. The van der Waals surface area contributed by atoms with E-state index in [1.54, 1.807) is 19.2 Å². The van der Waals surface area contributed by atoms with Crippen molar-refractivity contribution in [1.82, 2.24) is 23.0 Å². The highest BCUT2D eigenvalue weighted by Gasteiger charge is 2.41. The number of β-amino-alcohol motifs (C(OH)–C–C–N with tert-alkyl or cyclic N) is 1. The Morgan fingerprint density at radius 2 is 1.62 bits per heavy atom. The molecule has 1 amide bonds.